The summed E-state index contributed by atoms with van der Waals surface area (Å²) in [6.45, 7) is 7.65. The van der Waals surface area contributed by atoms with Crippen LogP contribution in [0.1, 0.15) is 45.9 Å². The summed E-state index contributed by atoms with van der Waals surface area (Å²) >= 11 is 0. The number of ether oxygens (including phenoxy) is 1. The number of imidazole rings is 1. The SMILES string of the molecule is CCn1ccnc1C1(O)CCOC(C)(CC)C1. The van der Waals surface area contributed by atoms with Gasteiger partial charge in [-0.05, 0) is 20.3 Å². The molecule has 1 aliphatic heterocycles. The van der Waals surface area contributed by atoms with Gasteiger partial charge in [0.2, 0.25) is 0 Å². The third-order valence-corrected chi connectivity index (χ3v) is 3.85. The first-order valence-corrected chi connectivity index (χ1v) is 6.41. The minimum absolute atomic E-state index is 0.239. The summed E-state index contributed by atoms with van der Waals surface area (Å²) in [5.74, 6) is 0.781. The molecule has 1 fully saturated rings. The second-order valence-electron chi connectivity index (χ2n) is 5.15. The summed E-state index contributed by atoms with van der Waals surface area (Å²) in [7, 11) is 0. The van der Waals surface area contributed by atoms with E-state index in [0.29, 0.717) is 19.4 Å². The Balaban J connectivity index is 2.30. The van der Waals surface area contributed by atoms with Crippen molar-refractivity contribution in [2.24, 2.45) is 0 Å². The lowest BCUT2D eigenvalue weighted by atomic mass is 9.81. The van der Waals surface area contributed by atoms with E-state index in [9.17, 15) is 5.11 Å². The highest BCUT2D eigenvalue weighted by atomic mass is 16.5. The van der Waals surface area contributed by atoms with Gasteiger partial charge in [0.15, 0.2) is 0 Å². The monoisotopic (exact) mass is 238 g/mol. The maximum atomic E-state index is 10.8. The molecule has 0 spiro atoms. The lowest BCUT2D eigenvalue weighted by Gasteiger charge is -2.42. The van der Waals surface area contributed by atoms with E-state index in [1.54, 1.807) is 6.20 Å². The summed E-state index contributed by atoms with van der Waals surface area (Å²) < 4.78 is 7.80. The summed E-state index contributed by atoms with van der Waals surface area (Å²) in [6.07, 6.45) is 5.83. The van der Waals surface area contributed by atoms with Crippen molar-refractivity contribution in [3.63, 3.8) is 0 Å². The second kappa shape index (κ2) is 4.42. The van der Waals surface area contributed by atoms with Gasteiger partial charge in [0.1, 0.15) is 11.4 Å². The Hall–Kier alpha value is -0.870. The van der Waals surface area contributed by atoms with Crippen LogP contribution in [0.4, 0.5) is 0 Å². The maximum Gasteiger partial charge on any atom is 0.140 e. The van der Waals surface area contributed by atoms with Gasteiger partial charge in [0, 0.05) is 31.8 Å². The van der Waals surface area contributed by atoms with Crippen LogP contribution in [-0.2, 0) is 16.9 Å². The van der Waals surface area contributed by atoms with E-state index in [1.807, 2.05) is 10.8 Å². The van der Waals surface area contributed by atoms with Crippen molar-refractivity contribution < 1.29 is 9.84 Å². The molecule has 2 atom stereocenters. The van der Waals surface area contributed by atoms with Crippen LogP contribution in [0.3, 0.4) is 0 Å². The molecule has 0 aliphatic carbocycles. The van der Waals surface area contributed by atoms with Crippen LogP contribution in [0, 0.1) is 0 Å². The highest BCUT2D eigenvalue weighted by Gasteiger charge is 2.44. The second-order valence-corrected chi connectivity index (χ2v) is 5.15. The smallest absolute Gasteiger partial charge is 0.140 e. The van der Waals surface area contributed by atoms with E-state index in [-0.39, 0.29) is 5.60 Å². The lowest BCUT2D eigenvalue weighted by Crippen LogP contribution is -2.46. The van der Waals surface area contributed by atoms with Gasteiger partial charge in [-0.25, -0.2) is 4.98 Å². The zero-order valence-electron chi connectivity index (χ0n) is 10.9. The Kier molecular flexibility index (Phi) is 3.27. The largest absolute Gasteiger partial charge is 0.382 e. The van der Waals surface area contributed by atoms with Gasteiger partial charge < -0.3 is 14.4 Å². The molecule has 17 heavy (non-hydrogen) atoms. The molecule has 1 saturated heterocycles. The molecule has 4 nitrogen and oxygen atoms in total. The Bertz CT molecular complexity index is 391. The van der Waals surface area contributed by atoms with E-state index in [0.717, 1.165) is 18.8 Å². The molecule has 96 valence electrons. The fourth-order valence-corrected chi connectivity index (χ4v) is 2.61. The molecule has 0 saturated carbocycles. The minimum atomic E-state index is -0.845. The van der Waals surface area contributed by atoms with Crippen LogP contribution in [0.15, 0.2) is 12.4 Å². The van der Waals surface area contributed by atoms with Crippen molar-refractivity contribution in [2.75, 3.05) is 6.61 Å². The number of aromatic nitrogens is 2. The highest BCUT2D eigenvalue weighted by molar-refractivity contribution is 5.09. The number of hydrogen-bond acceptors (Lipinski definition) is 3. The molecular weight excluding hydrogens is 216 g/mol. The zero-order chi connectivity index (χ0) is 12.5. The summed E-state index contributed by atoms with van der Waals surface area (Å²) in [5, 5.41) is 10.8. The van der Waals surface area contributed by atoms with Gasteiger partial charge >= 0.3 is 0 Å². The van der Waals surface area contributed by atoms with Crippen LogP contribution in [-0.4, -0.2) is 26.9 Å². The molecule has 2 rings (SSSR count). The number of aliphatic hydroxyl groups is 1. The number of hydrogen-bond donors (Lipinski definition) is 1. The molecule has 4 heteroatoms. The normalized spacial score (nSPS) is 33.9. The van der Waals surface area contributed by atoms with Crippen LogP contribution in [0.5, 0.6) is 0 Å². The van der Waals surface area contributed by atoms with E-state index in [4.69, 9.17) is 4.74 Å². The summed E-state index contributed by atoms with van der Waals surface area (Å²) in [4.78, 5) is 4.34. The molecule has 1 aromatic heterocycles. The van der Waals surface area contributed by atoms with Crippen molar-refractivity contribution in [1.82, 2.24) is 9.55 Å². The van der Waals surface area contributed by atoms with Gasteiger partial charge in [-0.15, -0.1) is 0 Å². The predicted molar refractivity (Wildman–Crippen MR) is 65.7 cm³/mol. The van der Waals surface area contributed by atoms with E-state index < -0.39 is 5.60 Å². The first kappa shape index (κ1) is 12.6. The Labute approximate surface area is 103 Å². The molecule has 0 amide bonds. The van der Waals surface area contributed by atoms with Gasteiger partial charge in [0.05, 0.1) is 12.2 Å². The van der Waals surface area contributed by atoms with Gasteiger partial charge in [0.25, 0.3) is 0 Å². The predicted octanol–water partition coefficient (Wildman–Crippen LogP) is 2.07. The van der Waals surface area contributed by atoms with Crippen LogP contribution < -0.4 is 0 Å². The lowest BCUT2D eigenvalue weighted by molar-refractivity contribution is -0.161. The summed E-state index contributed by atoms with van der Waals surface area (Å²) in [5.41, 5.74) is -1.08. The quantitative estimate of drug-likeness (QED) is 0.877. The van der Waals surface area contributed by atoms with Crippen molar-refractivity contribution in [2.45, 2.75) is 57.8 Å². The molecule has 1 aliphatic rings. The van der Waals surface area contributed by atoms with E-state index in [2.05, 4.69) is 25.8 Å². The van der Waals surface area contributed by atoms with Crippen molar-refractivity contribution in [1.29, 1.82) is 0 Å². The van der Waals surface area contributed by atoms with Gasteiger partial charge in [-0.1, -0.05) is 6.92 Å². The average Bonchev–Trinajstić information content (AvgIpc) is 2.77. The molecule has 1 N–H and O–H groups in total. The third-order valence-electron chi connectivity index (χ3n) is 3.85. The van der Waals surface area contributed by atoms with Gasteiger partial charge in [-0.2, -0.15) is 0 Å². The molecule has 2 heterocycles. The van der Waals surface area contributed by atoms with Crippen LogP contribution in [0.25, 0.3) is 0 Å². The Morgan fingerprint density at radius 3 is 2.94 bits per heavy atom. The van der Waals surface area contributed by atoms with Crippen LogP contribution in [0.2, 0.25) is 0 Å². The maximum absolute atomic E-state index is 10.8. The average molecular weight is 238 g/mol. The summed E-state index contributed by atoms with van der Waals surface area (Å²) in [6, 6.07) is 0. The topological polar surface area (TPSA) is 47.3 Å². The number of aryl methyl sites for hydroxylation is 1. The van der Waals surface area contributed by atoms with Crippen molar-refractivity contribution in [3.8, 4) is 0 Å². The first-order chi connectivity index (χ1) is 8.03. The highest BCUT2D eigenvalue weighted by Crippen LogP contribution is 2.40. The Morgan fingerprint density at radius 1 is 1.53 bits per heavy atom. The standard InChI is InChI=1S/C13H22N2O2/c1-4-12(3)10-13(16,6-9-17-12)11-14-7-8-15(11)5-2/h7-8,16H,4-6,9-10H2,1-3H3. The first-order valence-electron chi connectivity index (χ1n) is 6.41. The zero-order valence-corrected chi connectivity index (χ0v) is 10.9. The molecule has 0 aromatic carbocycles. The van der Waals surface area contributed by atoms with E-state index in [1.165, 1.54) is 0 Å². The Morgan fingerprint density at radius 2 is 2.29 bits per heavy atom. The van der Waals surface area contributed by atoms with Crippen molar-refractivity contribution in [3.05, 3.63) is 18.2 Å². The number of rotatable bonds is 3. The fourth-order valence-electron chi connectivity index (χ4n) is 2.61. The minimum Gasteiger partial charge on any atom is -0.382 e. The van der Waals surface area contributed by atoms with E-state index >= 15 is 0 Å². The molecule has 1 aromatic rings. The third kappa shape index (κ3) is 2.24. The van der Waals surface area contributed by atoms with Crippen LogP contribution >= 0.6 is 0 Å². The van der Waals surface area contributed by atoms with Gasteiger partial charge in [-0.3, -0.25) is 0 Å². The number of nitrogens with zero attached hydrogens (tertiary/aromatic N) is 2. The van der Waals surface area contributed by atoms with Crippen molar-refractivity contribution >= 4 is 0 Å². The molecule has 2 unspecified atom stereocenters. The molecular formula is C13H22N2O2. The molecule has 0 bridgehead atoms. The molecule has 0 radical (unpaired) electrons. The fraction of sp³-hybridized carbons (Fsp3) is 0.769.